The molecule has 2 amide bonds. The Hall–Kier alpha value is -2.08. The molecule has 0 unspecified atom stereocenters. The predicted octanol–water partition coefficient (Wildman–Crippen LogP) is 1.03. The molecule has 0 radical (unpaired) electrons. The zero-order valence-electron chi connectivity index (χ0n) is 14.1. The third kappa shape index (κ3) is 3.87. The van der Waals surface area contributed by atoms with Crippen LogP contribution in [-0.4, -0.2) is 56.0 Å². The van der Waals surface area contributed by atoms with Gasteiger partial charge in [-0.25, -0.2) is 0 Å². The zero-order valence-corrected chi connectivity index (χ0v) is 14.1. The van der Waals surface area contributed by atoms with E-state index in [0.29, 0.717) is 18.0 Å². The van der Waals surface area contributed by atoms with E-state index in [1.165, 1.54) is 0 Å². The highest BCUT2D eigenvalue weighted by Gasteiger charge is 2.33. The normalized spacial score (nSPS) is 23.3. The molecule has 2 saturated heterocycles. The van der Waals surface area contributed by atoms with Crippen LogP contribution in [0.25, 0.3) is 0 Å². The van der Waals surface area contributed by atoms with E-state index >= 15 is 0 Å². The Kier molecular flexibility index (Phi) is 5.35. The van der Waals surface area contributed by atoms with Gasteiger partial charge >= 0.3 is 0 Å². The number of carbonyl (C=O) groups is 2. The highest BCUT2D eigenvalue weighted by atomic mass is 16.5. The van der Waals surface area contributed by atoms with Gasteiger partial charge in [-0.1, -0.05) is 0 Å². The van der Waals surface area contributed by atoms with Gasteiger partial charge in [0.2, 0.25) is 5.91 Å². The highest BCUT2D eigenvalue weighted by molar-refractivity contribution is 5.94. The van der Waals surface area contributed by atoms with Gasteiger partial charge in [-0.2, -0.15) is 0 Å². The summed E-state index contributed by atoms with van der Waals surface area (Å²) in [7, 11) is 1.60. The SMILES string of the molecule is COc1ccc(C(=O)NC[C@@H]2CN[C@H](C(=O)N3CCCC3)C2)cc1. The average molecular weight is 331 g/mol. The Balaban J connectivity index is 1.45. The van der Waals surface area contributed by atoms with Crippen LogP contribution in [0.5, 0.6) is 5.75 Å². The van der Waals surface area contributed by atoms with E-state index in [1.807, 2.05) is 4.90 Å². The summed E-state index contributed by atoms with van der Waals surface area (Å²) in [6, 6.07) is 6.96. The summed E-state index contributed by atoms with van der Waals surface area (Å²) in [5.74, 6) is 1.15. The lowest BCUT2D eigenvalue weighted by Crippen LogP contribution is -2.42. The molecule has 3 rings (SSSR count). The van der Waals surface area contributed by atoms with Crippen molar-refractivity contribution in [3.8, 4) is 5.75 Å². The van der Waals surface area contributed by atoms with E-state index in [-0.39, 0.29) is 17.9 Å². The van der Waals surface area contributed by atoms with Gasteiger partial charge < -0.3 is 20.3 Å². The van der Waals surface area contributed by atoms with Crippen molar-refractivity contribution in [3.63, 3.8) is 0 Å². The summed E-state index contributed by atoms with van der Waals surface area (Å²) in [6.07, 6.45) is 3.01. The van der Waals surface area contributed by atoms with Crippen LogP contribution in [0.3, 0.4) is 0 Å². The summed E-state index contributed by atoms with van der Waals surface area (Å²) in [4.78, 5) is 26.5. The largest absolute Gasteiger partial charge is 0.497 e. The molecule has 2 N–H and O–H groups in total. The molecule has 1 aromatic rings. The number of amides is 2. The van der Waals surface area contributed by atoms with E-state index in [9.17, 15) is 9.59 Å². The molecule has 2 aliphatic rings. The van der Waals surface area contributed by atoms with Crippen LogP contribution in [0.2, 0.25) is 0 Å². The van der Waals surface area contributed by atoms with Crippen molar-refractivity contribution in [2.75, 3.05) is 33.3 Å². The summed E-state index contributed by atoms with van der Waals surface area (Å²) < 4.78 is 5.09. The fraction of sp³-hybridized carbons (Fsp3) is 0.556. The fourth-order valence-electron chi connectivity index (χ4n) is 3.39. The Bertz CT molecular complexity index is 582. The van der Waals surface area contributed by atoms with Crippen LogP contribution < -0.4 is 15.4 Å². The van der Waals surface area contributed by atoms with Crippen LogP contribution in [0.1, 0.15) is 29.6 Å². The Morgan fingerprint density at radius 3 is 2.62 bits per heavy atom. The first-order valence-corrected chi connectivity index (χ1v) is 8.62. The number of rotatable bonds is 5. The number of ether oxygens (including phenoxy) is 1. The van der Waals surface area contributed by atoms with Crippen LogP contribution in [0.4, 0.5) is 0 Å². The van der Waals surface area contributed by atoms with E-state index in [0.717, 1.165) is 44.6 Å². The lowest BCUT2D eigenvalue weighted by atomic mass is 10.0. The van der Waals surface area contributed by atoms with Crippen molar-refractivity contribution < 1.29 is 14.3 Å². The molecule has 24 heavy (non-hydrogen) atoms. The molecule has 2 fully saturated rings. The smallest absolute Gasteiger partial charge is 0.251 e. The number of nitrogens with one attached hydrogen (secondary N) is 2. The number of carbonyl (C=O) groups excluding carboxylic acids is 2. The first-order chi connectivity index (χ1) is 11.7. The molecule has 2 atom stereocenters. The standard InChI is InChI=1S/C18H25N3O3/c1-24-15-6-4-14(5-7-15)17(22)20-12-13-10-16(19-11-13)18(23)21-8-2-3-9-21/h4-7,13,16,19H,2-3,8-12H2,1H3,(H,20,22)/t13-,16-/m0/s1. The van der Waals surface area contributed by atoms with Crippen molar-refractivity contribution in [2.45, 2.75) is 25.3 Å². The van der Waals surface area contributed by atoms with E-state index < -0.39 is 0 Å². The minimum atomic E-state index is -0.0917. The van der Waals surface area contributed by atoms with Gasteiger partial charge in [0.1, 0.15) is 5.75 Å². The first-order valence-electron chi connectivity index (χ1n) is 8.62. The summed E-state index contributed by atoms with van der Waals surface area (Å²) in [5.41, 5.74) is 0.617. The number of likely N-dealkylation sites (tertiary alicyclic amines) is 1. The minimum Gasteiger partial charge on any atom is -0.497 e. The number of hydrogen-bond donors (Lipinski definition) is 2. The predicted molar refractivity (Wildman–Crippen MR) is 91.0 cm³/mol. The van der Waals surface area contributed by atoms with Crippen LogP contribution in [0, 0.1) is 5.92 Å². The van der Waals surface area contributed by atoms with Gasteiger partial charge in [-0.3, -0.25) is 9.59 Å². The van der Waals surface area contributed by atoms with Crippen molar-refractivity contribution in [3.05, 3.63) is 29.8 Å². The van der Waals surface area contributed by atoms with Crippen molar-refractivity contribution >= 4 is 11.8 Å². The fourth-order valence-corrected chi connectivity index (χ4v) is 3.39. The summed E-state index contributed by atoms with van der Waals surface area (Å²) in [6.45, 7) is 3.13. The Morgan fingerprint density at radius 1 is 1.25 bits per heavy atom. The van der Waals surface area contributed by atoms with Gasteiger partial charge in [-0.05, 0) is 49.4 Å². The monoisotopic (exact) mass is 331 g/mol. The maximum Gasteiger partial charge on any atom is 0.251 e. The zero-order chi connectivity index (χ0) is 16.9. The van der Waals surface area contributed by atoms with Crippen molar-refractivity contribution in [1.82, 2.24) is 15.5 Å². The molecule has 2 aliphatic heterocycles. The molecule has 2 heterocycles. The second kappa shape index (κ2) is 7.66. The van der Waals surface area contributed by atoms with Gasteiger partial charge in [0.05, 0.1) is 13.2 Å². The molecule has 6 nitrogen and oxygen atoms in total. The second-order valence-electron chi connectivity index (χ2n) is 6.53. The third-order valence-electron chi connectivity index (χ3n) is 4.84. The summed E-state index contributed by atoms with van der Waals surface area (Å²) >= 11 is 0. The Labute approximate surface area is 142 Å². The van der Waals surface area contributed by atoms with Gasteiger partial charge in [0.15, 0.2) is 0 Å². The maximum atomic E-state index is 12.4. The molecule has 0 aromatic heterocycles. The lowest BCUT2D eigenvalue weighted by Gasteiger charge is -2.20. The molecule has 0 spiro atoms. The number of hydrogen-bond acceptors (Lipinski definition) is 4. The molecular weight excluding hydrogens is 306 g/mol. The third-order valence-corrected chi connectivity index (χ3v) is 4.84. The van der Waals surface area contributed by atoms with Crippen LogP contribution in [0.15, 0.2) is 24.3 Å². The van der Waals surface area contributed by atoms with E-state index in [4.69, 9.17) is 4.74 Å². The highest BCUT2D eigenvalue weighted by Crippen LogP contribution is 2.18. The lowest BCUT2D eigenvalue weighted by molar-refractivity contribution is -0.132. The van der Waals surface area contributed by atoms with Crippen LogP contribution >= 0.6 is 0 Å². The van der Waals surface area contributed by atoms with Gasteiger partial charge in [-0.15, -0.1) is 0 Å². The quantitative estimate of drug-likeness (QED) is 0.845. The Morgan fingerprint density at radius 2 is 1.96 bits per heavy atom. The van der Waals surface area contributed by atoms with Gasteiger partial charge in [0.25, 0.3) is 5.91 Å². The van der Waals surface area contributed by atoms with Crippen molar-refractivity contribution in [1.29, 1.82) is 0 Å². The van der Waals surface area contributed by atoms with E-state index in [1.54, 1.807) is 31.4 Å². The topological polar surface area (TPSA) is 70.7 Å². The molecular formula is C18H25N3O3. The van der Waals surface area contributed by atoms with Crippen molar-refractivity contribution in [2.24, 2.45) is 5.92 Å². The maximum absolute atomic E-state index is 12.4. The second-order valence-corrected chi connectivity index (χ2v) is 6.53. The first kappa shape index (κ1) is 16.8. The van der Waals surface area contributed by atoms with E-state index in [2.05, 4.69) is 10.6 Å². The molecule has 6 heteroatoms. The number of benzene rings is 1. The number of nitrogens with zero attached hydrogens (tertiary/aromatic N) is 1. The molecule has 130 valence electrons. The summed E-state index contributed by atoms with van der Waals surface area (Å²) in [5, 5.41) is 6.27. The van der Waals surface area contributed by atoms with Crippen LogP contribution in [-0.2, 0) is 4.79 Å². The van der Waals surface area contributed by atoms with Gasteiger partial charge in [0, 0.05) is 31.7 Å². The molecule has 1 aromatic carbocycles. The minimum absolute atomic E-state index is 0.0908. The molecule has 0 bridgehead atoms. The number of methoxy groups -OCH3 is 1. The molecule has 0 saturated carbocycles. The average Bonchev–Trinajstić information content (AvgIpc) is 3.31. The molecule has 0 aliphatic carbocycles.